The number of rotatable bonds is 4. The Labute approximate surface area is 138 Å². The van der Waals surface area contributed by atoms with Crippen LogP contribution in [0.2, 0.25) is 0 Å². The fraction of sp³-hybridized carbons (Fsp3) is 0.727. The highest BCUT2D eigenvalue weighted by molar-refractivity contribution is 8.13. The third-order valence-corrected chi connectivity index (χ3v) is 2.94. The van der Waals surface area contributed by atoms with Gasteiger partial charge in [0.2, 0.25) is 0 Å². The van der Waals surface area contributed by atoms with E-state index in [0.717, 1.165) is 0 Å². The first-order valence-corrected chi connectivity index (χ1v) is 7.16. The minimum absolute atomic E-state index is 0.128. The molecule has 0 saturated carbocycles. The molecule has 0 rings (SSSR count). The van der Waals surface area contributed by atoms with Crippen LogP contribution in [0.25, 0.3) is 0 Å². The Morgan fingerprint density at radius 3 is 1.56 bits per heavy atom. The summed E-state index contributed by atoms with van der Waals surface area (Å²) in [5, 5.41) is -1.19. The molecule has 148 valence electrons. The fourth-order valence-electron chi connectivity index (χ4n) is 1.29. The van der Waals surface area contributed by atoms with Crippen molar-refractivity contribution in [3.8, 4) is 0 Å². The molecule has 0 aromatic carbocycles. The molecule has 0 atom stereocenters. The maximum atomic E-state index is 13.4. The van der Waals surface area contributed by atoms with E-state index in [2.05, 4.69) is 9.73 Å². The summed E-state index contributed by atoms with van der Waals surface area (Å²) < 4.78 is 144. The maximum absolute atomic E-state index is 13.4. The Balaban J connectivity index is 6.92. The van der Waals surface area contributed by atoms with Crippen molar-refractivity contribution in [2.45, 2.75) is 38.3 Å². The zero-order valence-corrected chi connectivity index (χ0v) is 13.2. The van der Waals surface area contributed by atoms with E-state index >= 15 is 0 Å². The summed E-state index contributed by atoms with van der Waals surface area (Å²) in [5.74, 6) is -6.65. The summed E-state index contributed by atoms with van der Waals surface area (Å²) in [7, 11) is 0. The van der Waals surface area contributed by atoms with Crippen LogP contribution in [0, 0.1) is 0 Å². The second-order valence-corrected chi connectivity index (χ2v) is 5.25. The highest BCUT2D eigenvalue weighted by Gasteiger charge is 2.66. The smallest absolute Gasteiger partial charge is 0.459 e. The van der Waals surface area contributed by atoms with Crippen LogP contribution in [0.4, 0.5) is 48.3 Å². The van der Waals surface area contributed by atoms with Crippen molar-refractivity contribution < 1.29 is 53.0 Å². The van der Waals surface area contributed by atoms with Crippen molar-refractivity contribution in [1.29, 1.82) is 0 Å². The fourth-order valence-corrected chi connectivity index (χ4v) is 1.90. The number of hydrogen-bond donors (Lipinski definition) is 0. The van der Waals surface area contributed by atoms with Crippen LogP contribution >= 0.6 is 11.8 Å². The summed E-state index contributed by atoms with van der Waals surface area (Å²) in [4.78, 5) is 2.25. The van der Waals surface area contributed by atoms with Crippen molar-refractivity contribution in [2.24, 2.45) is 4.99 Å². The standard InChI is InChI=1S/C11H10F11NOS/c1-3-24-7(25-4-2)23-6(8(12,13)11(20,21)22)5(9(14,15)16)10(17,18)19/h3-4H2,1-2H3. The molecule has 25 heavy (non-hydrogen) atoms. The number of nitrogens with zero attached hydrogens (tertiary/aromatic N) is 1. The van der Waals surface area contributed by atoms with Gasteiger partial charge in [0.05, 0.1) is 6.61 Å². The number of aliphatic imine (C=N–C) groups is 1. The molecule has 0 saturated heterocycles. The minimum atomic E-state index is -6.75. The molecule has 0 aliphatic heterocycles. The lowest BCUT2D eigenvalue weighted by Crippen LogP contribution is -2.42. The average molecular weight is 413 g/mol. The molecule has 0 bridgehead atoms. The van der Waals surface area contributed by atoms with E-state index in [9.17, 15) is 48.3 Å². The van der Waals surface area contributed by atoms with Gasteiger partial charge in [-0.3, -0.25) is 0 Å². The molecule has 0 radical (unpaired) electrons. The molecule has 0 heterocycles. The second kappa shape index (κ2) is 7.99. The van der Waals surface area contributed by atoms with E-state index in [1.807, 2.05) is 0 Å². The summed E-state index contributed by atoms with van der Waals surface area (Å²) in [5.41, 5.74) is -7.58. The molecular weight excluding hydrogens is 403 g/mol. The number of allylic oxidation sites excluding steroid dienone is 2. The highest BCUT2D eigenvalue weighted by Crippen LogP contribution is 2.49. The predicted molar refractivity (Wildman–Crippen MR) is 67.3 cm³/mol. The van der Waals surface area contributed by atoms with Gasteiger partial charge in [-0.05, 0) is 12.7 Å². The maximum Gasteiger partial charge on any atom is 0.459 e. The van der Waals surface area contributed by atoms with Crippen LogP contribution in [0.1, 0.15) is 13.8 Å². The monoisotopic (exact) mass is 413 g/mol. The van der Waals surface area contributed by atoms with Crippen LogP contribution in [-0.2, 0) is 4.74 Å². The van der Waals surface area contributed by atoms with Gasteiger partial charge in [-0.2, -0.15) is 48.3 Å². The van der Waals surface area contributed by atoms with E-state index in [4.69, 9.17) is 0 Å². The number of thioether (sulfide) groups is 1. The highest BCUT2D eigenvalue weighted by atomic mass is 32.2. The van der Waals surface area contributed by atoms with E-state index in [1.54, 1.807) is 0 Å². The van der Waals surface area contributed by atoms with Crippen LogP contribution in [0.15, 0.2) is 16.3 Å². The molecule has 0 unspecified atom stereocenters. The van der Waals surface area contributed by atoms with Gasteiger partial charge < -0.3 is 4.74 Å². The van der Waals surface area contributed by atoms with Crippen LogP contribution in [0.5, 0.6) is 0 Å². The Morgan fingerprint density at radius 1 is 0.840 bits per heavy atom. The Kier molecular flexibility index (Phi) is 7.61. The quantitative estimate of drug-likeness (QED) is 0.335. The van der Waals surface area contributed by atoms with Gasteiger partial charge in [0.25, 0.3) is 5.23 Å². The topological polar surface area (TPSA) is 21.6 Å². The molecule has 14 heteroatoms. The molecule has 0 aromatic heterocycles. The van der Waals surface area contributed by atoms with Crippen LogP contribution in [-0.4, -0.2) is 42.0 Å². The third kappa shape index (κ3) is 6.22. The van der Waals surface area contributed by atoms with Crippen molar-refractivity contribution in [1.82, 2.24) is 0 Å². The van der Waals surface area contributed by atoms with E-state index in [0.29, 0.717) is 0 Å². The first kappa shape index (κ1) is 23.8. The second-order valence-electron chi connectivity index (χ2n) is 4.04. The minimum Gasteiger partial charge on any atom is -0.473 e. The zero-order chi connectivity index (χ0) is 20.3. The summed E-state index contributed by atoms with van der Waals surface area (Å²) in [6.45, 7) is 2.02. The first-order chi connectivity index (χ1) is 11.0. The summed E-state index contributed by atoms with van der Waals surface area (Å²) >= 11 is 0.253. The zero-order valence-electron chi connectivity index (χ0n) is 12.3. The van der Waals surface area contributed by atoms with E-state index in [-0.39, 0.29) is 17.5 Å². The van der Waals surface area contributed by atoms with Gasteiger partial charge in [0.1, 0.15) is 5.70 Å². The van der Waals surface area contributed by atoms with E-state index < -0.39 is 47.6 Å². The van der Waals surface area contributed by atoms with Gasteiger partial charge in [-0.15, -0.1) is 0 Å². The van der Waals surface area contributed by atoms with Gasteiger partial charge in [0, 0.05) is 0 Å². The SMILES string of the molecule is CCOC(=NC(=C(C(F)(F)F)C(F)(F)F)C(F)(F)C(F)(F)F)SCC. The summed E-state index contributed by atoms with van der Waals surface area (Å²) in [6, 6.07) is 0. The lowest BCUT2D eigenvalue weighted by Gasteiger charge is -2.25. The Hall–Kier alpha value is -1.21. The van der Waals surface area contributed by atoms with Gasteiger partial charge >= 0.3 is 24.5 Å². The first-order valence-electron chi connectivity index (χ1n) is 6.18. The lowest BCUT2D eigenvalue weighted by molar-refractivity contribution is -0.268. The van der Waals surface area contributed by atoms with E-state index in [1.165, 1.54) is 13.8 Å². The third-order valence-electron chi connectivity index (χ3n) is 2.20. The van der Waals surface area contributed by atoms with Crippen molar-refractivity contribution in [2.75, 3.05) is 12.4 Å². The molecule has 0 aliphatic rings. The molecule has 0 N–H and O–H groups in total. The van der Waals surface area contributed by atoms with Gasteiger partial charge in [0.15, 0.2) is 5.57 Å². The Bertz CT molecular complexity index is 492. The van der Waals surface area contributed by atoms with Crippen LogP contribution < -0.4 is 0 Å². The lowest BCUT2D eigenvalue weighted by atomic mass is 10.1. The molecular formula is C11H10F11NOS. The molecule has 0 fully saturated rings. The van der Waals surface area contributed by atoms with Crippen molar-refractivity contribution >= 4 is 17.0 Å². The normalized spacial score (nSPS) is 14.5. The Morgan fingerprint density at radius 2 is 1.28 bits per heavy atom. The summed E-state index contributed by atoms with van der Waals surface area (Å²) in [6.07, 6.45) is -19.9. The van der Waals surface area contributed by atoms with Crippen molar-refractivity contribution in [3.05, 3.63) is 11.3 Å². The molecule has 0 aromatic rings. The number of hydrogen-bond acceptors (Lipinski definition) is 3. The number of halogens is 11. The molecule has 0 aliphatic carbocycles. The predicted octanol–water partition coefficient (Wildman–Crippen LogP) is 5.71. The van der Waals surface area contributed by atoms with Crippen molar-refractivity contribution in [3.63, 3.8) is 0 Å². The molecule has 0 amide bonds. The largest absolute Gasteiger partial charge is 0.473 e. The average Bonchev–Trinajstić information content (AvgIpc) is 2.33. The van der Waals surface area contributed by atoms with Crippen LogP contribution in [0.3, 0.4) is 0 Å². The number of ether oxygens (including phenoxy) is 1. The van der Waals surface area contributed by atoms with Gasteiger partial charge in [-0.1, -0.05) is 18.7 Å². The van der Waals surface area contributed by atoms with Gasteiger partial charge in [-0.25, -0.2) is 4.99 Å². The number of alkyl halides is 11. The molecule has 0 spiro atoms. The molecule has 2 nitrogen and oxygen atoms in total.